The lowest BCUT2D eigenvalue weighted by atomic mass is 10.1. The van der Waals surface area contributed by atoms with Crippen LogP contribution >= 0.6 is 0 Å². The Labute approximate surface area is 226 Å². The van der Waals surface area contributed by atoms with Crippen molar-refractivity contribution in [1.82, 2.24) is 19.7 Å². The predicted octanol–water partition coefficient (Wildman–Crippen LogP) is 5.35. The first-order valence-corrected chi connectivity index (χ1v) is 13.6. The first-order valence-electron chi connectivity index (χ1n) is 12.2. The number of fused-ring (bicyclic) bond motifs is 1. The molecule has 0 aliphatic heterocycles. The van der Waals surface area contributed by atoms with Crippen LogP contribution in [0.5, 0.6) is 11.6 Å². The second-order valence-corrected chi connectivity index (χ2v) is 11.1. The molecule has 3 aromatic heterocycles. The SMILES string of the molecule is Cc1cc(C)c(Oc2nc(-c3ccc4cc(C)[nH]c4c3)ccc2C(=O)NS(=O)(=O)c2cccc(N)n2)c(C)c1. The van der Waals surface area contributed by atoms with Crippen molar-refractivity contribution in [3.63, 3.8) is 0 Å². The molecule has 0 saturated heterocycles. The van der Waals surface area contributed by atoms with Crippen LogP contribution in [0.1, 0.15) is 32.7 Å². The highest BCUT2D eigenvalue weighted by Gasteiger charge is 2.25. The van der Waals surface area contributed by atoms with Crippen LogP contribution in [0.2, 0.25) is 0 Å². The Bertz CT molecular complexity index is 1840. The number of carbonyl (C=O) groups excluding carboxylic acids is 1. The van der Waals surface area contributed by atoms with E-state index < -0.39 is 15.9 Å². The monoisotopic (exact) mass is 541 g/mol. The number of hydrogen-bond donors (Lipinski definition) is 3. The van der Waals surface area contributed by atoms with Gasteiger partial charge in [-0.1, -0.05) is 35.9 Å². The number of nitrogens with one attached hydrogen (secondary N) is 2. The van der Waals surface area contributed by atoms with E-state index in [0.29, 0.717) is 11.4 Å². The van der Waals surface area contributed by atoms with Crippen LogP contribution in [0.25, 0.3) is 22.2 Å². The van der Waals surface area contributed by atoms with Crippen molar-refractivity contribution in [1.29, 1.82) is 0 Å². The summed E-state index contributed by atoms with van der Waals surface area (Å²) in [6, 6.07) is 19.1. The summed E-state index contributed by atoms with van der Waals surface area (Å²) in [5.41, 5.74) is 11.7. The zero-order valence-corrected chi connectivity index (χ0v) is 22.7. The zero-order valence-electron chi connectivity index (χ0n) is 21.9. The molecule has 10 heteroatoms. The fraction of sp³-hybridized carbons (Fsp3) is 0.138. The summed E-state index contributed by atoms with van der Waals surface area (Å²) in [6.45, 7) is 7.76. The molecule has 0 fully saturated rings. The van der Waals surface area contributed by atoms with Gasteiger partial charge >= 0.3 is 0 Å². The highest BCUT2D eigenvalue weighted by molar-refractivity contribution is 7.90. The van der Waals surface area contributed by atoms with Crippen LogP contribution < -0.4 is 15.2 Å². The van der Waals surface area contributed by atoms with Crippen LogP contribution in [-0.4, -0.2) is 29.3 Å². The lowest BCUT2D eigenvalue weighted by Crippen LogP contribution is -2.31. The van der Waals surface area contributed by atoms with E-state index in [1.807, 2.05) is 64.1 Å². The number of amides is 1. The largest absolute Gasteiger partial charge is 0.438 e. The molecule has 9 nitrogen and oxygen atoms in total. The fourth-order valence-corrected chi connectivity index (χ4v) is 5.46. The average Bonchev–Trinajstić information content (AvgIpc) is 3.25. The minimum atomic E-state index is -4.30. The van der Waals surface area contributed by atoms with Crippen LogP contribution in [0.3, 0.4) is 0 Å². The standard InChI is InChI=1S/C29H27N5O4S/c1-16-12-17(2)27(18(3)13-16)38-29-22(28(35)34-39(36,37)26-7-5-6-25(30)33-26)10-11-23(32-29)21-9-8-20-14-19(4)31-24(20)15-21/h5-15,31H,1-4H3,(H2,30,33)(H,34,35). The summed E-state index contributed by atoms with van der Waals surface area (Å²) in [5, 5.41) is 0.692. The summed E-state index contributed by atoms with van der Waals surface area (Å²) in [5.74, 6) is -0.389. The maximum absolute atomic E-state index is 13.3. The third-order valence-electron chi connectivity index (χ3n) is 6.21. The van der Waals surface area contributed by atoms with Gasteiger partial charge in [0, 0.05) is 16.8 Å². The molecule has 0 spiro atoms. The number of pyridine rings is 2. The second kappa shape index (κ2) is 9.88. The van der Waals surface area contributed by atoms with Crippen LogP contribution in [0.4, 0.5) is 5.82 Å². The molecule has 198 valence electrons. The van der Waals surface area contributed by atoms with Gasteiger partial charge in [-0.3, -0.25) is 4.79 Å². The van der Waals surface area contributed by atoms with Crippen LogP contribution in [0, 0.1) is 27.7 Å². The number of nitrogens with zero attached hydrogens (tertiary/aromatic N) is 2. The molecule has 0 aliphatic carbocycles. The second-order valence-electron chi connectivity index (χ2n) is 9.47. The van der Waals surface area contributed by atoms with Gasteiger partial charge in [0.15, 0.2) is 5.03 Å². The lowest BCUT2D eigenvalue weighted by molar-refractivity contribution is 0.0978. The molecule has 0 aliphatic rings. The van der Waals surface area contributed by atoms with Gasteiger partial charge in [0.1, 0.15) is 17.1 Å². The number of aromatic amines is 1. The molecular formula is C29H27N5O4S. The lowest BCUT2D eigenvalue weighted by Gasteiger charge is -2.16. The topological polar surface area (TPSA) is 140 Å². The number of carbonyl (C=O) groups is 1. The predicted molar refractivity (Wildman–Crippen MR) is 150 cm³/mol. The quantitative estimate of drug-likeness (QED) is 0.263. The van der Waals surface area contributed by atoms with Crippen molar-refractivity contribution in [2.75, 3.05) is 5.73 Å². The summed E-state index contributed by atoms with van der Waals surface area (Å²) >= 11 is 0. The van der Waals surface area contributed by atoms with Crippen LogP contribution in [0.15, 0.2) is 71.8 Å². The molecule has 2 aromatic carbocycles. The number of benzene rings is 2. The fourth-order valence-electron chi connectivity index (χ4n) is 4.52. The Balaban J connectivity index is 1.58. The summed E-state index contributed by atoms with van der Waals surface area (Å²) in [7, 11) is -4.30. The number of aryl methyl sites for hydroxylation is 4. The Hall–Kier alpha value is -4.70. The minimum absolute atomic E-state index is 0.0138. The molecule has 4 N–H and O–H groups in total. The Kier molecular flexibility index (Phi) is 6.57. The molecule has 0 unspecified atom stereocenters. The molecular weight excluding hydrogens is 514 g/mol. The number of hydrogen-bond acceptors (Lipinski definition) is 7. The van der Waals surface area contributed by atoms with Crippen molar-refractivity contribution >= 4 is 32.7 Å². The van der Waals surface area contributed by atoms with Crippen molar-refractivity contribution in [3.05, 3.63) is 94.7 Å². The molecule has 5 rings (SSSR count). The van der Waals surface area contributed by atoms with E-state index in [2.05, 4.69) is 19.7 Å². The molecule has 0 saturated carbocycles. The van der Waals surface area contributed by atoms with Crippen molar-refractivity contribution in [2.45, 2.75) is 32.7 Å². The number of rotatable bonds is 6. The Morgan fingerprint density at radius 1 is 0.923 bits per heavy atom. The first-order chi connectivity index (χ1) is 18.5. The van der Waals surface area contributed by atoms with Gasteiger partial charge in [0.05, 0.1) is 5.69 Å². The van der Waals surface area contributed by atoms with Crippen molar-refractivity contribution < 1.29 is 17.9 Å². The molecule has 0 bridgehead atoms. The van der Waals surface area contributed by atoms with Gasteiger partial charge in [-0.2, -0.15) is 8.42 Å². The number of aromatic nitrogens is 3. The van der Waals surface area contributed by atoms with Crippen molar-refractivity contribution in [3.8, 4) is 22.9 Å². The number of H-pyrrole nitrogens is 1. The molecule has 3 heterocycles. The number of ether oxygens (including phenoxy) is 1. The van der Waals surface area contributed by atoms with Crippen molar-refractivity contribution in [2.24, 2.45) is 0 Å². The third kappa shape index (κ3) is 5.32. The Morgan fingerprint density at radius 3 is 2.38 bits per heavy atom. The summed E-state index contributed by atoms with van der Waals surface area (Å²) < 4.78 is 34.1. The maximum Gasteiger partial charge on any atom is 0.281 e. The molecule has 0 atom stereocenters. The summed E-state index contributed by atoms with van der Waals surface area (Å²) in [6.07, 6.45) is 0. The van der Waals surface area contributed by atoms with Gasteiger partial charge < -0.3 is 15.5 Å². The van der Waals surface area contributed by atoms with Gasteiger partial charge in [0.2, 0.25) is 5.88 Å². The first kappa shape index (κ1) is 25.9. The Morgan fingerprint density at radius 2 is 1.67 bits per heavy atom. The maximum atomic E-state index is 13.3. The number of sulfonamides is 1. The van der Waals surface area contributed by atoms with Gasteiger partial charge in [-0.05, 0) is 80.6 Å². The van der Waals surface area contributed by atoms with Gasteiger partial charge in [0.25, 0.3) is 15.9 Å². The molecule has 1 amide bonds. The van der Waals surface area contributed by atoms with E-state index in [1.54, 1.807) is 6.07 Å². The number of nitrogen functional groups attached to an aromatic ring is 1. The highest BCUT2D eigenvalue weighted by Crippen LogP contribution is 2.33. The molecule has 0 radical (unpaired) electrons. The van der Waals surface area contributed by atoms with Crippen LogP contribution in [-0.2, 0) is 10.0 Å². The normalized spacial score (nSPS) is 11.5. The average molecular weight is 542 g/mol. The zero-order chi connectivity index (χ0) is 27.9. The summed E-state index contributed by atoms with van der Waals surface area (Å²) in [4.78, 5) is 25.1. The van der Waals surface area contributed by atoms with Gasteiger partial charge in [-0.15, -0.1) is 0 Å². The number of anilines is 1. The third-order valence-corrected chi connectivity index (χ3v) is 7.44. The molecule has 5 aromatic rings. The van der Waals surface area contributed by atoms with E-state index in [1.165, 1.54) is 24.3 Å². The minimum Gasteiger partial charge on any atom is -0.438 e. The van der Waals surface area contributed by atoms with E-state index in [-0.39, 0.29) is 22.3 Å². The van der Waals surface area contributed by atoms with E-state index in [4.69, 9.17) is 10.5 Å². The highest BCUT2D eigenvalue weighted by atomic mass is 32.2. The molecule has 39 heavy (non-hydrogen) atoms. The van der Waals surface area contributed by atoms with E-state index in [0.717, 1.165) is 38.9 Å². The van der Waals surface area contributed by atoms with Gasteiger partial charge in [-0.25, -0.2) is 14.7 Å². The number of nitrogens with two attached hydrogens (primary N) is 1. The van der Waals surface area contributed by atoms with E-state index in [9.17, 15) is 13.2 Å². The smallest absolute Gasteiger partial charge is 0.281 e. The van der Waals surface area contributed by atoms with E-state index >= 15 is 0 Å².